The molecule has 150 valence electrons. The van der Waals surface area contributed by atoms with Crippen molar-refractivity contribution in [2.75, 3.05) is 56.2 Å². The van der Waals surface area contributed by atoms with Gasteiger partial charge < -0.3 is 19.9 Å². The third-order valence-electron chi connectivity index (χ3n) is 5.15. The maximum atomic E-state index is 12.9. The largest absolute Gasteiger partial charge is 0.393 e. The molecule has 1 atom stereocenters. The number of likely N-dealkylation sites (tertiary alicyclic amines) is 1. The average molecular weight is 385 g/mol. The molecule has 2 aliphatic heterocycles. The smallest absolute Gasteiger partial charge is 0.378 e. The maximum absolute atomic E-state index is 12.9. The Bertz CT molecular complexity index is 616. The fourth-order valence-electron chi connectivity index (χ4n) is 3.59. The van der Waals surface area contributed by atoms with Crippen LogP contribution in [0, 0.1) is 5.92 Å². The van der Waals surface area contributed by atoms with Crippen LogP contribution in [0.15, 0.2) is 24.3 Å². The topological polar surface area (TPSA) is 44.8 Å². The maximum Gasteiger partial charge on any atom is 0.393 e. The number of anilines is 2. The number of carbonyl (C=O) groups excluding carboxylic acids is 1. The summed E-state index contributed by atoms with van der Waals surface area (Å²) >= 11 is 0. The number of nitrogens with zero attached hydrogens (tertiary/aromatic N) is 2. The van der Waals surface area contributed by atoms with E-state index in [0.717, 1.165) is 18.8 Å². The lowest BCUT2D eigenvalue weighted by molar-refractivity contribution is -0.186. The molecule has 0 radical (unpaired) electrons. The molecule has 2 aliphatic rings. The third-order valence-corrected chi connectivity index (χ3v) is 5.15. The summed E-state index contributed by atoms with van der Waals surface area (Å²) < 4.78 is 43.9. The van der Waals surface area contributed by atoms with Gasteiger partial charge in [-0.3, -0.25) is 4.79 Å². The first kappa shape index (κ1) is 19.9. The minimum atomic E-state index is -4.15. The molecule has 3 rings (SSSR count). The quantitative estimate of drug-likeness (QED) is 0.846. The van der Waals surface area contributed by atoms with Crippen molar-refractivity contribution in [1.82, 2.24) is 4.90 Å². The molecule has 1 N–H and O–H groups in total. The Hall–Kier alpha value is -1.80. The molecule has 0 aliphatic carbocycles. The fraction of sp³-hybridized carbons (Fsp3) is 0.632. The van der Waals surface area contributed by atoms with Gasteiger partial charge in [0.25, 0.3) is 0 Å². The van der Waals surface area contributed by atoms with E-state index in [1.54, 1.807) is 4.90 Å². The minimum absolute atomic E-state index is 0.00890. The molecule has 8 heteroatoms. The lowest BCUT2D eigenvalue weighted by atomic mass is 9.97. The monoisotopic (exact) mass is 385 g/mol. The van der Waals surface area contributed by atoms with Crippen LogP contribution in [0.3, 0.4) is 0 Å². The summed E-state index contributed by atoms with van der Waals surface area (Å²) in [7, 11) is 0. The highest BCUT2D eigenvalue weighted by atomic mass is 19.4. The molecule has 2 heterocycles. The van der Waals surface area contributed by atoms with Gasteiger partial charge in [0.1, 0.15) is 0 Å². The zero-order chi connectivity index (χ0) is 19.3. The van der Waals surface area contributed by atoms with Gasteiger partial charge in [-0.25, -0.2) is 0 Å². The second-order valence-corrected chi connectivity index (χ2v) is 7.13. The normalized spacial score (nSPS) is 21.9. The van der Waals surface area contributed by atoms with Crippen molar-refractivity contribution in [1.29, 1.82) is 0 Å². The molecule has 1 aromatic rings. The van der Waals surface area contributed by atoms with Crippen molar-refractivity contribution in [2.45, 2.75) is 25.4 Å². The van der Waals surface area contributed by atoms with Crippen LogP contribution in [0.5, 0.6) is 0 Å². The van der Waals surface area contributed by atoms with Crippen LogP contribution in [0.4, 0.5) is 24.5 Å². The molecule has 27 heavy (non-hydrogen) atoms. The first-order valence-electron chi connectivity index (χ1n) is 9.43. The van der Waals surface area contributed by atoms with Crippen LogP contribution in [-0.4, -0.2) is 62.9 Å². The van der Waals surface area contributed by atoms with E-state index in [2.05, 4.69) is 10.2 Å². The second kappa shape index (κ2) is 8.93. The Kier molecular flexibility index (Phi) is 6.59. The number of morpholine rings is 1. The van der Waals surface area contributed by atoms with Crippen LogP contribution in [0.25, 0.3) is 0 Å². The van der Waals surface area contributed by atoms with Crippen molar-refractivity contribution in [3.63, 3.8) is 0 Å². The summed E-state index contributed by atoms with van der Waals surface area (Å²) in [6, 6.07) is 7.62. The standard InChI is InChI=1S/C19H26F3N3O2/c20-19(21,22)15-2-1-8-24(14-15)9-7-18(26)23-16-3-5-17(6-4-16)25-10-12-27-13-11-25/h3-6,15H,1-2,7-14H2,(H,23,26)/t15-/m0/s1. The van der Waals surface area contributed by atoms with Gasteiger partial charge in [-0.2, -0.15) is 13.2 Å². The van der Waals surface area contributed by atoms with Crippen LogP contribution in [0.2, 0.25) is 0 Å². The third kappa shape index (κ3) is 5.84. The number of benzene rings is 1. The molecule has 2 fully saturated rings. The van der Waals surface area contributed by atoms with E-state index in [1.807, 2.05) is 24.3 Å². The van der Waals surface area contributed by atoms with E-state index >= 15 is 0 Å². The van der Waals surface area contributed by atoms with Crippen molar-refractivity contribution < 1.29 is 22.7 Å². The molecule has 0 bridgehead atoms. The summed E-state index contributed by atoms with van der Waals surface area (Å²) in [4.78, 5) is 16.1. The lowest BCUT2D eigenvalue weighted by Crippen LogP contribution is -2.42. The first-order chi connectivity index (χ1) is 12.9. The molecular formula is C19H26F3N3O2. The summed E-state index contributed by atoms with van der Waals surface area (Å²) in [5.74, 6) is -1.45. The Morgan fingerprint density at radius 3 is 2.52 bits per heavy atom. The van der Waals surface area contributed by atoms with Crippen LogP contribution < -0.4 is 10.2 Å². The van der Waals surface area contributed by atoms with Crippen LogP contribution in [0.1, 0.15) is 19.3 Å². The van der Waals surface area contributed by atoms with E-state index in [0.29, 0.717) is 38.4 Å². The van der Waals surface area contributed by atoms with Crippen molar-refractivity contribution in [3.8, 4) is 0 Å². The second-order valence-electron chi connectivity index (χ2n) is 7.13. The number of rotatable bonds is 5. The van der Waals surface area contributed by atoms with Gasteiger partial charge in [0, 0.05) is 44.0 Å². The highest BCUT2D eigenvalue weighted by molar-refractivity contribution is 5.91. The van der Waals surface area contributed by atoms with E-state index in [1.165, 1.54) is 0 Å². The van der Waals surface area contributed by atoms with Gasteiger partial charge in [-0.15, -0.1) is 0 Å². The summed E-state index contributed by atoms with van der Waals surface area (Å²) in [6.45, 7) is 4.08. The molecule has 0 unspecified atom stereocenters. The number of hydrogen-bond donors (Lipinski definition) is 1. The van der Waals surface area contributed by atoms with Crippen LogP contribution >= 0.6 is 0 Å². The first-order valence-corrected chi connectivity index (χ1v) is 9.43. The molecule has 0 aromatic heterocycles. The zero-order valence-electron chi connectivity index (χ0n) is 15.3. The Morgan fingerprint density at radius 2 is 1.85 bits per heavy atom. The number of ether oxygens (including phenoxy) is 1. The number of nitrogens with one attached hydrogen (secondary N) is 1. The van der Waals surface area contributed by atoms with Gasteiger partial charge in [0.05, 0.1) is 19.1 Å². The van der Waals surface area contributed by atoms with Gasteiger partial charge in [-0.05, 0) is 43.7 Å². The Balaban J connectivity index is 1.44. The van der Waals surface area contributed by atoms with Gasteiger partial charge in [0.15, 0.2) is 0 Å². The van der Waals surface area contributed by atoms with E-state index in [4.69, 9.17) is 4.74 Å². The number of alkyl halides is 3. The molecule has 5 nitrogen and oxygen atoms in total. The minimum Gasteiger partial charge on any atom is -0.378 e. The van der Waals surface area contributed by atoms with Gasteiger partial charge >= 0.3 is 6.18 Å². The summed E-state index contributed by atoms with van der Waals surface area (Å²) in [6.07, 6.45) is -3.25. The molecule has 2 saturated heterocycles. The van der Waals surface area contributed by atoms with E-state index in [9.17, 15) is 18.0 Å². The zero-order valence-corrected chi connectivity index (χ0v) is 15.3. The highest BCUT2D eigenvalue weighted by Gasteiger charge is 2.41. The van der Waals surface area contributed by atoms with Crippen molar-refractivity contribution in [3.05, 3.63) is 24.3 Å². The summed E-state index contributed by atoms with van der Waals surface area (Å²) in [5.41, 5.74) is 1.78. The number of carbonyl (C=O) groups is 1. The van der Waals surface area contributed by atoms with Crippen molar-refractivity contribution in [2.24, 2.45) is 5.92 Å². The number of hydrogen-bond acceptors (Lipinski definition) is 4. The highest BCUT2D eigenvalue weighted by Crippen LogP contribution is 2.33. The number of amides is 1. The average Bonchev–Trinajstić information content (AvgIpc) is 2.67. The predicted molar refractivity (Wildman–Crippen MR) is 97.9 cm³/mol. The Labute approximate surface area is 157 Å². The van der Waals surface area contributed by atoms with Gasteiger partial charge in [0.2, 0.25) is 5.91 Å². The fourth-order valence-corrected chi connectivity index (χ4v) is 3.59. The van der Waals surface area contributed by atoms with E-state index in [-0.39, 0.29) is 25.3 Å². The SMILES string of the molecule is O=C(CCN1CCC[C@H](C(F)(F)F)C1)Nc1ccc(N2CCOCC2)cc1. The Morgan fingerprint density at radius 1 is 1.15 bits per heavy atom. The molecule has 1 amide bonds. The van der Waals surface area contributed by atoms with Gasteiger partial charge in [-0.1, -0.05) is 0 Å². The molecular weight excluding hydrogens is 359 g/mol. The number of halogens is 3. The molecule has 1 aromatic carbocycles. The predicted octanol–water partition coefficient (Wildman–Crippen LogP) is 3.13. The van der Waals surface area contributed by atoms with Crippen LogP contribution in [-0.2, 0) is 9.53 Å². The van der Waals surface area contributed by atoms with Crippen molar-refractivity contribution >= 4 is 17.3 Å². The van der Waals surface area contributed by atoms with E-state index < -0.39 is 12.1 Å². The molecule has 0 spiro atoms. The summed E-state index contributed by atoms with van der Waals surface area (Å²) in [5, 5.41) is 2.82. The lowest BCUT2D eigenvalue weighted by Gasteiger charge is -2.33. The number of piperidine rings is 1. The molecule has 0 saturated carbocycles.